The van der Waals surface area contributed by atoms with Crippen LogP contribution in [0.2, 0.25) is 0 Å². The highest BCUT2D eigenvalue weighted by atomic mass is 16.7. The Morgan fingerprint density at radius 3 is 2.64 bits per heavy atom. The fourth-order valence-corrected chi connectivity index (χ4v) is 3.85. The summed E-state index contributed by atoms with van der Waals surface area (Å²) in [6.07, 6.45) is 2.56. The first kappa shape index (κ1) is 19.0. The predicted octanol–water partition coefficient (Wildman–Crippen LogP) is 2.79. The molecule has 28 heavy (non-hydrogen) atoms. The fraction of sp³-hybridized carbons (Fsp3) is 0.524. The summed E-state index contributed by atoms with van der Waals surface area (Å²) in [6.45, 7) is 5.85. The molecule has 3 heterocycles. The van der Waals surface area contributed by atoms with Crippen molar-refractivity contribution >= 4 is 11.8 Å². The highest BCUT2D eigenvalue weighted by Crippen LogP contribution is 2.32. The van der Waals surface area contributed by atoms with E-state index in [2.05, 4.69) is 21.3 Å². The number of aryl methyl sites for hydroxylation is 1. The van der Waals surface area contributed by atoms with Gasteiger partial charge < -0.3 is 24.4 Å². The average molecular weight is 384 g/mol. The second-order valence-corrected chi connectivity index (χ2v) is 7.28. The Kier molecular flexibility index (Phi) is 5.64. The van der Waals surface area contributed by atoms with E-state index in [1.807, 2.05) is 31.2 Å². The van der Waals surface area contributed by atoms with Gasteiger partial charge in [-0.2, -0.15) is 4.98 Å². The number of nitrogens with zero attached hydrogens (tertiary/aromatic N) is 3. The molecule has 7 nitrogen and oxygen atoms in total. The molecule has 0 radical (unpaired) electrons. The van der Waals surface area contributed by atoms with Crippen molar-refractivity contribution in [1.29, 1.82) is 0 Å². The van der Waals surface area contributed by atoms with Gasteiger partial charge in [-0.05, 0) is 25.0 Å². The molecule has 150 valence electrons. The minimum absolute atomic E-state index is 0.379. The van der Waals surface area contributed by atoms with Crippen LogP contribution in [0.4, 0.5) is 11.8 Å². The third-order valence-corrected chi connectivity index (χ3v) is 5.36. The third kappa shape index (κ3) is 4.20. The Morgan fingerprint density at radius 1 is 1.14 bits per heavy atom. The Morgan fingerprint density at radius 2 is 1.89 bits per heavy atom. The molecule has 1 aromatic carbocycles. The lowest BCUT2D eigenvalue weighted by Crippen LogP contribution is -2.45. The summed E-state index contributed by atoms with van der Waals surface area (Å²) in [6, 6.07) is 10.1. The summed E-state index contributed by atoms with van der Waals surface area (Å²) in [5, 5.41) is 3.43. The number of aromatic nitrogens is 2. The zero-order chi connectivity index (χ0) is 19.4. The highest BCUT2D eigenvalue weighted by molar-refractivity contribution is 5.44. The van der Waals surface area contributed by atoms with Gasteiger partial charge in [-0.3, -0.25) is 0 Å². The molecule has 1 aromatic heterocycles. The van der Waals surface area contributed by atoms with Crippen LogP contribution < -0.4 is 15.0 Å². The van der Waals surface area contributed by atoms with Gasteiger partial charge in [-0.15, -0.1) is 0 Å². The molecule has 4 rings (SSSR count). The van der Waals surface area contributed by atoms with Gasteiger partial charge in [-0.1, -0.05) is 18.2 Å². The molecule has 0 atom stereocenters. The number of para-hydroxylation sites is 1. The van der Waals surface area contributed by atoms with Crippen LogP contribution in [0.3, 0.4) is 0 Å². The van der Waals surface area contributed by atoms with Crippen molar-refractivity contribution in [2.75, 3.05) is 50.2 Å². The van der Waals surface area contributed by atoms with E-state index in [9.17, 15) is 0 Å². The van der Waals surface area contributed by atoms with Gasteiger partial charge in [0.2, 0.25) is 5.95 Å². The summed E-state index contributed by atoms with van der Waals surface area (Å²) in [5.41, 5.74) is 2.14. The molecular formula is C21H28N4O3. The molecule has 1 spiro atoms. The second-order valence-electron chi connectivity index (χ2n) is 7.28. The minimum Gasteiger partial charge on any atom is -0.496 e. The molecule has 1 N–H and O–H groups in total. The van der Waals surface area contributed by atoms with Crippen LogP contribution in [0, 0.1) is 6.92 Å². The van der Waals surface area contributed by atoms with E-state index in [0.29, 0.717) is 13.2 Å². The Bertz CT molecular complexity index is 798. The quantitative estimate of drug-likeness (QED) is 0.821. The number of ether oxygens (including phenoxy) is 3. The standard InChI is InChI=1S/C21H28N4O3/c1-16-15-19(22-10-7-17-5-3-4-6-18(17)26-2)24-20(23-16)25-11-8-21(9-12-25)27-13-14-28-21/h3-6,15H,7-14H2,1-2H3,(H,22,23,24). The van der Waals surface area contributed by atoms with Crippen LogP contribution in [-0.4, -0.2) is 55.7 Å². The average Bonchev–Trinajstić information content (AvgIpc) is 3.16. The molecule has 2 aliphatic heterocycles. The van der Waals surface area contributed by atoms with Gasteiger partial charge >= 0.3 is 0 Å². The van der Waals surface area contributed by atoms with Crippen LogP contribution in [0.15, 0.2) is 30.3 Å². The number of nitrogens with one attached hydrogen (secondary N) is 1. The number of rotatable bonds is 6. The molecule has 0 bridgehead atoms. The lowest BCUT2D eigenvalue weighted by atomic mass is 10.0. The zero-order valence-electron chi connectivity index (χ0n) is 16.6. The lowest BCUT2D eigenvalue weighted by molar-refractivity contribution is -0.169. The normalized spacial score (nSPS) is 18.4. The minimum atomic E-state index is -0.379. The largest absolute Gasteiger partial charge is 0.496 e. The van der Waals surface area contributed by atoms with E-state index in [4.69, 9.17) is 19.2 Å². The molecule has 0 aliphatic carbocycles. The third-order valence-electron chi connectivity index (χ3n) is 5.36. The van der Waals surface area contributed by atoms with Crippen LogP contribution in [0.5, 0.6) is 5.75 Å². The van der Waals surface area contributed by atoms with E-state index >= 15 is 0 Å². The van der Waals surface area contributed by atoms with Crippen molar-refractivity contribution < 1.29 is 14.2 Å². The number of anilines is 2. The Labute approximate surface area is 166 Å². The second kappa shape index (κ2) is 8.32. The molecule has 2 aliphatic rings. The van der Waals surface area contributed by atoms with Gasteiger partial charge in [0.05, 0.1) is 20.3 Å². The highest BCUT2D eigenvalue weighted by Gasteiger charge is 2.40. The van der Waals surface area contributed by atoms with Crippen molar-refractivity contribution in [3.05, 3.63) is 41.6 Å². The molecule has 2 fully saturated rings. The summed E-state index contributed by atoms with van der Waals surface area (Å²) >= 11 is 0. The van der Waals surface area contributed by atoms with Crippen LogP contribution >= 0.6 is 0 Å². The maximum atomic E-state index is 5.81. The van der Waals surface area contributed by atoms with E-state index in [-0.39, 0.29) is 5.79 Å². The number of methoxy groups -OCH3 is 1. The maximum Gasteiger partial charge on any atom is 0.227 e. The van der Waals surface area contributed by atoms with Gasteiger partial charge in [0.15, 0.2) is 5.79 Å². The molecule has 0 saturated carbocycles. The molecule has 2 aromatic rings. The van der Waals surface area contributed by atoms with Crippen LogP contribution in [-0.2, 0) is 15.9 Å². The van der Waals surface area contributed by atoms with Crippen molar-refractivity contribution in [1.82, 2.24) is 9.97 Å². The smallest absolute Gasteiger partial charge is 0.227 e. The van der Waals surface area contributed by atoms with Crippen molar-refractivity contribution in [2.45, 2.75) is 32.0 Å². The summed E-state index contributed by atoms with van der Waals surface area (Å²) < 4.78 is 17.1. The molecule has 0 unspecified atom stereocenters. The maximum absolute atomic E-state index is 5.81. The van der Waals surface area contributed by atoms with Crippen molar-refractivity contribution in [3.63, 3.8) is 0 Å². The summed E-state index contributed by atoms with van der Waals surface area (Å²) in [4.78, 5) is 11.6. The Balaban J connectivity index is 1.37. The zero-order valence-corrected chi connectivity index (χ0v) is 16.6. The number of benzene rings is 1. The predicted molar refractivity (Wildman–Crippen MR) is 108 cm³/mol. The van der Waals surface area contributed by atoms with E-state index in [0.717, 1.165) is 62.1 Å². The van der Waals surface area contributed by atoms with E-state index in [1.165, 1.54) is 5.56 Å². The van der Waals surface area contributed by atoms with Crippen molar-refractivity contribution in [3.8, 4) is 5.75 Å². The monoisotopic (exact) mass is 384 g/mol. The number of piperidine rings is 1. The SMILES string of the molecule is COc1ccccc1CCNc1cc(C)nc(N2CCC3(CC2)OCCO3)n1. The van der Waals surface area contributed by atoms with Crippen LogP contribution in [0.25, 0.3) is 0 Å². The first-order chi connectivity index (χ1) is 13.7. The number of hydrogen-bond donors (Lipinski definition) is 1. The number of hydrogen-bond acceptors (Lipinski definition) is 7. The first-order valence-corrected chi connectivity index (χ1v) is 9.92. The van der Waals surface area contributed by atoms with Crippen LogP contribution in [0.1, 0.15) is 24.1 Å². The Hall–Kier alpha value is -2.38. The molecular weight excluding hydrogens is 356 g/mol. The van der Waals surface area contributed by atoms with Gasteiger partial charge in [0.25, 0.3) is 0 Å². The topological polar surface area (TPSA) is 68.7 Å². The molecule has 2 saturated heterocycles. The van der Waals surface area contributed by atoms with Gasteiger partial charge in [-0.25, -0.2) is 4.98 Å². The molecule has 0 amide bonds. The van der Waals surface area contributed by atoms with E-state index < -0.39 is 0 Å². The van der Waals surface area contributed by atoms with Gasteiger partial charge in [0, 0.05) is 44.2 Å². The van der Waals surface area contributed by atoms with E-state index in [1.54, 1.807) is 7.11 Å². The van der Waals surface area contributed by atoms with Crippen molar-refractivity contribution in [2.24, 2.45) is 0 Å². The summed E-state index contributed by atoms with van der Waals surface area (Å²) in [7, 11) is 1.71. The van der Waals surface area contributed by atoms with Gasteiger partial charge in [0.1, 0.15) is 11.6 Å². The molecule has 7 heteroatoms. The summed E-state index contributed by atoms with van der Waals surface area (Å²) in [5.74, 6) is 2.16. The first-order valence-electron chi connectivity index (χ1n) is 9.92. The lowest BCUT2D eigenvalue weighted by Gasteiger charge is -2.37. The fourth-order valence-electron chi connectivity index (χ4n) is 3.85.